The first-order chi connectivity index (χ1) is 8.81. The molecule has 2 heterocycles. The second kappa shape index (κ2) is 7.07. The van der Waals surface area contributed by atoms with Gasteiger partial charge in [-0.3, -0.25) is 0 Å². The van der Waals surface area contributed by atoms with Gasteiger partial charge in [0.2, 0.25) is 0 Å². The topological polar surface area (TPSA) is 37.4 Å². The molecule has 5 heteroatoms. The molecule has 1 saturated heterocycles. The molecule has 0 unspecified atom stereocenters. The molecule has 1 aliphatic heterocycles. The van der Waals surface area contributed by atoms with Gasteiger partial charge in [-0.1, -0.05) is 6.92 Å². The Bertz CT molecular complexity index is 350. The van der Waals surface area contributed by atoms with Crippen LogP contribution in [0.3, 0.4) is 0 Å². The molecule has 1 N–H and O–H groups in total. The fourth-order valence-corrected chi connectivity index (χ4v) is 3.07. The minimum Gasteiger partial charge on any atom is -0.381 e. The Labute approximate surface area is 113 Å². The molecule has 0 atom stereocenters. The number of ether oxygens (including phenoxy) is 1. The average Bonchev–Trinajstić information content (AvgIpc) is 2.88. The van der Waals surface area contributed by atoms with Crippen LogP contribution in [-0.4, -0.2) is 37.8 Å². The van der Waals surface area contributed by atoms with Gasteiger partial charge in [0.25, 0.3) is 0 Å². The summed E-state index contributed by atoms with van der Waals surface area (Å²) in [5.74, 6) is 0. The largest absolute Gasteiger partial charge is 0.381 e. The van der Waals surface area contributed by atoms with Crippen molar-refractivity contribution in [2.75, 3.05) is 31.7 Å². The van der Waals surface area contributed by atoms with Gasteiger partial charge in [0.1, 0.15) is 0 Å². The Kier molecular flexibility index (Phi) is 5.41. The normalized spacial score (nSPS) is 17.0. The zero-order valence-electron chi connectivity index (χ0n) is 11.3. The Morgan fingerprint density at radius 1 is 1.50 bits per heavy atom. The molecule has 0 radical (unpaired) electrons. The number of rotatable bonds is 6. The minimum absolute atomic E-state index is 0.585. The van der Waals surface area contributed by atoms with Gasteiger partial charge in [0.05, 0.1) is 0 Å². The summed E-state index contributed by atoms with van der Waals surface area (Å²) < 4.78 is 5.40. The molecule has 2 rings (SSSR count). The van der Waals surface area contributed by atoms with Crippen LogP contribution in [-0.2, 0) is 11.3 Å². The van der Waals surface area contributed by atoms with E-state index in [0.717, 1.165) is 44.3 Å². The van der Waals surface area contributed by atoms with Gasteiger partial charge in [-0.15, -0.1) is 11.3 Å². The molecule has 0 aromatic carbocycles. The van der Waals surface area contributed by atoms with Gasteiger partial charge in [0, 0.05) is 43.9 Å². The lowest BCUT2D eigenvalue weighted by Gasteiger charge is -2.30. The smallest absolute Gasteiger partial charge is 0.185 e. The van der Waals surface area contributed by atoms with Crippen molar-refractivity contribution in [3.63, 3.8) is 0 Å². The molecule has 0 spiro atoms. The van der Waals surface area contributed by atoms with Crippen molar-refractivity contribution in [2.24, 2.45) is 0 Å². The zero-order chi connectivity index (χ0) is 12.8. The maximum absolute atomic E-state index is 5.40. The van der Waals surface area contributed by atoms with Crippen LogP contribution in [0.4, 0.5) is 5.13 Å². The summed E-state index contributed by atoms with van der Waals surface area (Å²) in [7, 11) is 2.15. The summed E-state index contributed by atoms with van der Waals surface area (Å²) in [5, 5.41) is 4.55. The fourth-order valence-electron chi connectivity index (χ4n) is 2.16. The third-order valence-electron chi connectivity index (χ3n) is 3.31. The summed E-state index contributed by atoms with van der Waals surface area (Å²) >= 11 is 1.80. The van der Waals surface area contributed by atoms with Gasteiger partial charge in [-0.25, -0.2) is 4.98 Å². The highest BCUT2D eigenvalue weighted by Crippen LogP contribution is 2.26. The van der Waals surface area contributed by atoms with E-state index in [0.29, 0.717) is 6.04 Å². The number of aromatic nitrogens is 1. The van der Waals surface area contributed by atoms with Crippen molar-refractivity contribution in [2.45, 2.75) is 38.8 Å². The van der Waals surface area contributed by atoms with E-state index in [2.05, 4.69) is 29.2 Å². The molecule has 0 aliphatic carbocycles. The number of hydrogen-bond acceptors (Lipinski definition) is 5. The van der Waals surface area contributed by atoms with E-state index in [1.54, 1.807) is 11.3 Å². The maximum Gasteiger partial charge on any atom is 0.185 e. The summed E-state index contributed by atoms with van der Waals surface area (Å²) in [6.07, 6.45) is 5.39. The monoisotopic (exact) mass is 269 g/mol. The van der Waals surface area contributed by atoms with E-state index < -0.39 is 0 Å². The van der Waals surface area contributed by atoms with Crippen LogP contribution >= 0.6 is 11.3 Å². The first-order valence-electron chi connectivity index (χ1n) is 6.77. The van der Waals surface area contributed by atoms with Crippen molar-refractivity contribution >= 4 is 16.5 Å². The maximum atomic E-state index is 5.40. The number of nitrogens with zero attached hydrogens (tertiary/aromatic N) is 2. The molecule has 1 aromatic heterocycles. The Morgan fingerprint density at radius 2 is 2.28 bits per heavy atom. The number of anilines is 1. The molecule has 102 valence electrons. The van der Waals surface area contributed by atoms with E-state index in [-0.39, 0.29) is 0 Å². The van der Waals surface area contributed by atoms with Gasteiger partial charge in [-0.05, 0) is 25.8 Å². The highest BCUT2D eigenvalue weighted by Gasteiger charge is 2.20. The van der Waals surface area contributed by atoms with Crippen LogP contribution in [0.5, 0.6) is 0 Å². The molecule has 18 heavy (non-hydrogen) atoms. The zero-order valence-corrected chi connectivity index (χ0v) is 12.1. The van der Waals surface area contributed by atoms with Crippen molar-refractivity contribution in [3.8, 4) is 0 Å². The SMILES string of the molecule is CCCNCc1cnc(N(C)C2CCOCC2)s1. The van der Waals surface area contributed by atoms with Crippen LogP contribution in [0.25, 0.3) is 0 Å². The van der Waals surface area contributed by atoms with E-state index in [1.165, 1.54) is 11.3 Å². The van der Waals surface area contributed by atoms with E-state index >= 15 is 0 Å². The minimum atomic E-state index is 0.585. The summed E-state index contributed by atoms with van der Waals surface area (Å²) in [6.45, 7) is 5.96. The van der Waals surface area contributed by atoms with Crippen LogP contribution in [0.15, 0.2) is 6.20 Å². The molecule has 0 bridgehead atoms. The van der Waals surface area contributed by atoms with Crippen LogP contribution < -0.4 is 10.2 Å². The molecular formula is C13H23N3OS. The lowest BCUT2D eigenvalue weighted by Crippen LogP contribution is -2.36. The molecule has 1 aliphatic rings. The predicted molar refractivity (Wildman–Crippen MR) is 76.4 cm³/mol. The third kappa shape index (κ3) is 3.67. The molecule has 1 fully saturated rings. The van der Waals surface area contributed by atoms with Crippen molar-refractivity contribution in [1.82, 2.24) is 10.3 Å². The van der Waals surface area contributed by atoms with E-state index in [9.17, 15) is 0 Å². The Balaban J connectivity index is 1.87. The molecule has 4 nitrogen and oxygen atoms in total. The highest BCUT2D eigenvalue weighted by atomic mass is 32.1. The molecule has 0 saturated carbocycles. The first kappa shape index (κ1) is 13.8. The van der Waals surface area contributed by atoms with Crippen molar-refractivity contribution in [1.29, 1.82) is 0 Å². The standard InChI is InChI=1S/C13H23N3OS/c1-3-6-14-9-12-10-15-13(18-12)16(2)11-4-7-17-8-5-11/h10-11,14H,3-9H2,1-2H3. The average molecular weight is 269 g/mol. The first-order valence-corrected chi connectivity index (χ1v) is 7.59. The summed E-state index contributed by atoms with van der Waals surface area (Å²) in [5.41, 5.74) is 0. The lowest BCUT2D eigenvalue weighted by atomic mass is 10.1. The van der Waals surface area contributed by atoms with Crippen LogP contribution in [0.2, 0.25) is 0 Å². The second-order valence-corrected chi connectivity index (χ2v) is 5.83. The van der Waals surface area contributed by atoms with E-state index in [1.807, 2.05) is 6.20 Å². The number of hydrogen-bond donors (Lipinski definition) is 1. The lowest BCUT2D eigenvalue weighted by molar-refractivity contribution is 0.0855. The number of thiazole rings is 1. The number of nitrogens with one attached hydrogen (secondary N) is 1. The van der Waals surface area contributed by atoms with Crippen molar-refractivity contribution in [3.05, 3.63) is 11.1 Å². The fraction of sp³-hybridized carbons (Fsp3) is 0.769. The van der Waals surface area contributed by atoms with Crippen molar-refractivity contribution < 1.29 is 4.74 Å². The molecule has 0 amide bonds. The van der Waals surface area contributed by atoms with Gasteiger partial charge in [-0.2, -0.15) is 0 Å². The molecule has 1 aromatic rings. The quantitative estimate of drug-likeness (QED) is 0.804. The molecular weight excluding hydrogens is 246 g/mol. The third-order valence-corrected chi connectivity index (χ3v) is 4.40. The highest BCUT2D eigenvalue weighted by molar-refractivity contribution is 7.15. The van der Waals surface area contributed by atoms with Gasteiger partial charge >= 0.3 is 0 Å². The van der Waals surface area contributed by atoms with E-state index in [4.69, 9.17) is 4.74 Å². The van der Waals surface area contributed by atoms with Crippen LogP contribution in [0, 0.1) is 0 Å². The summed E-state index contributed by atoms with van der Waals surface area (Å²) in [4.78, 5) is 8.17. The predicted octanol–water partition coefficient (Wildman–Crippen LogP) is 2.26. The Morgan fingerprint density at radius 3 is 3.00 bits per heavy atom. The van der Waals surface area contributed by atoms with Gasteiger partial charge in [0.15, 0.2) is 5.13 Å². The summed E-state index contributed by atoms with van der Waals surface area (Å²) in [6, 6.07) is 0.585. The van der Waals surface area contributed by atoms with Gasteiger partial charge < -0.3 is 15.0 Å². The second-order valence-electron chi connectivity index (χ2n) is 4.74. The van der Waals surface area contributed by atoms with Crippen LogP contribution in [0.1, 0.15) is 31.1 Å². The Hall–Kier alpha value is -0.650.